The van der Waals surface area contributed by atoms with Gasteiger partial charge in [0, 0.05) is 6.04 Å². The number of hydrogen-bond acceptors (Lipinski definition) is 7. The first kappa shape index (κ1) is 20.5. The monoisotopic (exact) mass is 423 g/mol. The van der Waals surface area contributed by atoms with Crippen molar-refractivity contribution < 1.29 is 19.0 Å². The topological polar surface area (TPSA) is 99.5 Å². The number of anilines is 2. The zero-order valence-electron chi connectivity index (χ0n) is 17.8. The van der Waals surface area contributed by atoms with Crippen molar-refractivity contribution in [2.24, 2.45) is 5.92 Å². The van der Waals surface area contributed by atoms with E-state index in [0.717, 1.165) is 5.56 Å². The third-order valence-corrected chi connectivity index (χ3v) is 5.49. The normalized spacial score (nSPS) is 19.7. The van der Waals surface area contributed by atoms with Gasteiger partial charge in [-0.25, -0.2) is 4.68 Å². The molecule has 0 unspecified atom stereocenters. The fraction of sp³-hybridized carbons (Fsp3) is 0.318. The number of benzene rings is 2. The van der Waals surface area contributed by atoms with Gasteiger partial charge in [-0.05, 0) is 36.8 Å². The maximum Gasteiger partial charge on any atom is 0.232 e. The van der Waals surface area contributed by atoms with Crippen LogP contribution in [0.15, 0.2) is 48.8 Å². The number of fused-ring (bicyclic) bond motifs is 1. The van der Waals surface area contributed by atoms with Crippen molar-refractivity contribution in [3.8, 4) is 17.2 Å². The molecule has 2 aromatic carbocycles. The molecule has 0 saturated heterocycles. The molecule has 31 heavy (non-hydrogen) atoms. The largest absolute Gasteiger partial charge is 0.495 e. The number of amides is 1. The molecule has 9 heteroatoms. The summed E-state index contributed by atoms with van der Waals surface area (Å²) in [5.41, 5.74) is 1.47. The zero-order chi connectivity index (χ0) is 22.0. The van der Waals surface area contributed by atoms with E-state index in [0.29, 0.717) is 28.9 Å². The summed E-state index contributed by atoms with van der Waals surface area (Å²) in [5, 5.41) is 10.7. The predicted molar refractivity (Wildman–Crippen MR) is 116 cm³/mol. The molecule has 1 aromatic heterocycles. The third-order valence-electron chi connectivity index (χ3n) is 5.49. The predicted octanol–water partition coefficient (Wildman–Crippen LogP) is 2.96. The molecule has 0 saturated carbocycles. The smallest absolute Gasteiger partial charge is 0.232 e. The van der Waals surface area contributed by atoms with E-state index >= 15 is 0 Å². The average Bonchev–Trinajstić information content (AvgIpc) is 3.25. The number of carbonyl (C=O) groups excluding carboxylic acids is 1. The summed E-state index contributed by atoms with van der Waals surface area (Å²) in [6.45, 7) is 1.96. The van der Waals surface area contributed by atoms with E-state index in [2.05, 4.69) is 20.7 Å². The summed E-state index contributed by atoms with van der Waals surface area (Å²) in [6, 6.07) is 12.3. The van der Waals surface area contributed by atoms with Crippen molar-refractivity contribution in [3.63, 3.8) is 0 Å². The second-order valence-corrected chi connectivity index (χ2v) is 7.24. The van der Waals surface area contributed by atoms with Crippen molar-refractivity contribution in [2.45, 2.75) is 19.0 Å². The molecule has 2 N–H and O–H groups in total. The summed E-state index contributed by atoms with van der Waals surface area (Å²) in [5.74, 6) is 1.74. The highest BCUT2D eigenvalue weighted by molar-refractivity contribution is 5.95. The Morgan fingerprint density at radius 1 is 1.03 bits per heavy atom. The molecule has 1 aliphatic heterocycles. The fourth-order valence-electron chi connectivity index (χ4n) is 4.00. The summed E-state index contributed by atoms with van der Waals surface area (Å²) >= 11 is 0. The molecular formula is C22H25N5O4. The maximum absolute atomic E-state index is 13.5. The first-order chi connectivity index (χ1) is 15.1. The Bertz CT molecular complexity index is 1080. The highest BCUT2D eigenvalue weighted by Gasteiger charge is 2.41. The van der Waals surface area contributed by atoms with E-state index in [4.69, 9.17) is 14.2 Å². The number of para-hydroxylation sites is 2. The van der Waals surface area contributed by atoms with E-state index < -0.39 is 12.0 Å². The summed E-state index contributed by atoms with van der Waals surface area (Å²) in [6.07, 6.45) is 1.48. The molecule has 1 aliphatic rings. The second-order valence-electron chi connectivity index (χ2n) is 7.24. The fourth-order valence-corrected chi connectivity index (χ4v) is 4.00. The molecule has 0 radical (unpaired) electrons. The first-order valence-electron chi connectivity index (χ1n) is 9.89. The number of aromatic nitrogens is 3. The van der Waals surface area contributed by atoms with E-state index in [9.17, 15) is 4.79 Å². The molecule has 1 amide bonds. The number of ether oxygens (including phenoxy) is 3. The second kappa shape index (κ2) is 8.55. The van der Waals surface area contributed by atoms with E-state index in [1.165, 1.54) is 6.33 Å². The minimum Gasteiger partial charge on any atom is -0.495 e. The minimum absolute atomic E-state index is 0.162. The molecule has 3 atom stereocenters. The Kier molecular flexibility index (Phi) is 5.66. The van der Waals surface area contributed by atoms with Gasteiger partial charge < -0.3 is 24.8 Å². The molecule has 0 spiro atoms. The van der Waals surface area contributed by atoms with Crippen molar-refractivity contribution in [2.75, 3.05) is 32.0 Å². The van der Waals surface area contributed by atoms with Crippen LogP contribution in [0, 0.1) is 5.92 Å². The van der Waals surface area contributed by atoms with Crippen LogP contribution in [-0.2, 0) is 4.79 Å². The molecular weight excluding hydrogens is 398 g/mol. The van der Waals surface area contributed by atoms with Gasteiger partial charge in [0.05, 0.1) is 39.0 Å². The van der Waals surface area contributed by atoms with Gasteiger partial charge >= 0.3 is 0 Å². The summed E-state index contributed by atoms with van der Waals surface area (Å²) in [7, 11) is 4.74. The van der Waals surface area contributed by atoms with Crippen LogP contribution in [-0.4, -0.2) is 48.0 Å². The lowest BCUT2D eigenvalue weighted by molar-refractivity contribution is -0.121. The van der Waals surface area contributed by atoms with Gasteiger partial charge in [0.2, 0.25) is 11.9 Å². The van der Waals surface area contributed by atoms with Crippen molar-refractivity contribution in [3.05, 3.63) is 54.4 Å². The number of hydrogen-bond donors (Lipinski definition) is 2. The standard InChI is InChI=1S/C22H25N5O4/c1-13-19(21(28)26-15-7-5-6-8-16(15)29-2)20(27-22(25-13)23-12-24-27)14-9-10-17(30-3)18(11-14)31-4/h5-13,19-20H,1-4H3,(H,26,28)(H,23,24,25)/t13-,19+,20-/m0/s1. The number of methoxy groups -OCH3 is 3. The Morgan fingerprint density at radius 3 is 2.52 bits per heavy atom. The average molecular weight is 423 g/mol. The van der Waals surface area contributed by atoms with Gasteiger partial charge in [-0.2, -0.15) is 10.1 Å². The van der Waals surface area contributed by atoms with Crippen LogP contribution in [0.5, 0.6) is 17.2 Å². The first-order valence-corrected chi connectivity index (χ1v) is 9.89. The highest BCUT2D eigenvalue weighted by atomic mass is 16.5. The molecule has 9 nitrogen and oxygen atoms in total. The Morgan fingerprint density at radius 2 is 1.77 bits per heavy atom. The van der Waals surface area contributed by atoms with E-state index in [-0.39, 0.29) is 11.9 Å². The van der Waals surface area contributed by atoms with Gasteiger partial charge in [0.1, 0.15) is 12.1 Å². The van der Waals surface area contributed by atoms with E-state index in [1.54, 1.807) is 32.1 Å². The van der Waals surface area contributed by atoms with Crippen LogP contribution in [0.4, 0.5) is 11.6 Å². The third kappa shape index (κ3) is 3.74. The number of rotatable bonds is 6. The minimum atomic E-state index is -0.489. The maximum atomic E-state index is 13.5. The van der Waals surface area contributed by atoms with Crippen LogP contribution in [0.2, 0.25) is 0 Å². The number of carbonyl (C=O) groups is 1. The Balaban J connectivity index is 1.75. The van der Waals surface area contributed by atoms with Gasteiger partial charge in [0.15, 0.2) is 11.5 Å². The molecule has 4 rings (SSSR count). The van der Waals surface area contributed by atoms with Crippen LogP contribution in [0.3, 0.4) is 0 Å². The molecule has 0 aliphatic carbocycles. The van der Waals surface area contributed by atoms with Crippen LogP contribution in [0.1, 0.15) is 18.5 Å². The van der Waals surface area contributed by atoms with Crippen LogP contribution >= 0.6 is 0 Å². The number of nitrogens with zero attached hydrogens (tertiary/aromatic N) is 3. The van der Waals surface area contributed by atoms with Gasteiger partial charge in [0.25, 0.3) is 0 Å². The molecule has 2 heterocycles. The Labute approximate surface area is 180 Å². The molecule has 0 bridgehead atoms. The lowest BCUT2D eigenvalue weighted by Crippen LogP contribution is -2.46. The molecule has 162 valence electrons. The van der Waals surface area contributed by atoms with Gasteiger partial charge in [-0.3, -0.25) is 4.79 Å². The lowest BCUT2D eigenvalue weighted by atomic mass is 9.85. The molecule has 0 fully saturated rings. The SMILES string of the molecule is COc1ccccc1NC(=O)[C@@H]1[C@H](C)Nc2ncnn2[C@H]1c1ccc(OC)c(OC)c1. The van der Waals surface area contributed by atoms with Gasteiger partial charge in [-0.15, -0.1) is 0 Å². The molecule has 3 aromatic rings. The highest BCUT2D eigenvalue weighted by Crippen LogP contribution is 2.40. The van der Waals surface area contributed by atoms with Crippen LogP contribution in [0.25, 0.3) is 0 Å². The van der Waals surface area contributed by atoms with Crippen LogP contribution < -0.4 is 24.8 Å². The summed E-state index contributed by atoms with van der Waals surface area (Å²) < 4.78 is 18.0. The lowest BCUT2D eigenvalue weighted by Gasteiger charge is -2.37. The number of nitrogens with one attached hydrogen (secondary N) is 2. The zero-order valence-corrected chi connectivity index (χ0v) is 17.8. The quantitative estimate of drug-likeness (QED) is 0.629. The van der Waals surface area contributed by atoms with Crippen molar-refractivity contribution in [1.82, 2.24) is 14.8 Å². The Hall–Kier alpha value is -3.75. The van der Waals surface area contributed by atoms with E-state index in [1.807, 2.05) is 43.3 Å². The summed E-state index contributed by atoms with van der Waals surface area (Å²) in [4.78, 5) is 17.8. The van der Waals surface area contributed by atoms with Crippen molar-refractivity contribution in [1.29, 1.82) is 0 Å². The van der Waals surface area contributed by atoms with Crippen molar-refractivity contribution >= 4 is 17.5 Å². The van der Waals surface area contributed by atoms with Gasteiger partial charge in [-0.1, -0.05) is 18.2 Å².